The third kappa shape index (κ3) is 2.09. The summed E-state index contributed by atoms with van der Waals surface area (Å²) in [7, 11) is 1.68. The first-order valence-electron chi connectivity index (χ1n) is 4.54. The number of ketones is 1. The first-order valence-corrected chi connectivity index (χ1v) is 4.54. The van der Waals surface area contributed by atoms with Crippen LogP contribution in [0, 0.1) is 6.92 Å². The summed E-state index contributed by atoms with van der Waals surface area (Å²) in [6.45, 7) is 2.13. The molecule has 2 aromatic rings. The number of nitrogens with zero attached hydrogens (tertiary/aromatic N) is 5. The van der Waals surface area contributed by atoms with Crippen LogP contribution in [0.4, 0.5) is 0 Å². The van der Waals surface area contributed by atoms with Crippen LogP contribution in [0.15, 0.2) is 18.6 Å². The number of carbonyl (C=O) groups is 1. The predicted octanol–water partition coefficient (Wildman–Crippen LogP) is 0.203. The molecule has 2 rings (SSSR count). The van der Waals surface area contributed by atoms with Crippen LogP contribution in [0.3, 0.4) is 0 Å². The van der Waals surface area contributed by atoms with E-state index >= 15 is 0 Å². The summed E-state index contributed by atoms with van der Waals surface area (Å²) in [5.41, 5.74) is 1.40. The van der Waals surface area contributed by atoms with Crippen molar-refractivity contribution in [1.29, 1.82) is 0 Å². The van der Waals surface area contributed by atoms with Gasteiger partial charge in [0.15, 0.2) is 5.69 Å². The zero-order valence-corrected chi connectivity index (χ0v) is 8.58. The van der Waals surface area contributed by atoms with Gasteiger partial charge in [0, 0.05) is 13.2 Å². The second-order valence-corrected chi connectivity index (χ2v) is 3.36. The topological polar surface area (TPSA) is 65.6 Å². The molecule has 0 aliphatic heterocycles. The minimum absolute atomic E-state index is 0.0915. The lowest BCUT2D eigenvalue weighted by molar-refractivity contribution is 0.0962. The van der Waals surface area contributed by atoms with Crippen molar-refractivity contribution >= 4 is 5.78 Å². The van der Waals surface area contributed by atoms with Gasteiger partial charge in [0.1, 0.15) is 6.54 Å². The molecule has 78 valence electrons. The normalized spacial score (nSPS) is 10.5. The van der Waals surface area contributed by atoms with Gasteiger partial charge in [0.25, 0.3) is 0 Å². The van der Waals surface area contributed by atoms with E-state index in [1.54, 1.807) is 17.9 Å². The number of hydrogen-bond acceptors (Lipinski definition) is 4. The van der Waals surface area contributed by atoms with Gasteiger partial charge in [-0.25, -0.2) is 0 Å². The second-order valence-electron chi connectivity index (χ2n) is 3.36. The fraction of sp³-hybridized carbons (Fsp3) is 0.333. The minimum atomic E-state index is -0.0915. The summed E-state index contributed by atoms with van der Waals surface area (Å²) in [6, 6.07) is 0. The van der Waals surface area contributed by atoms with Gasteiger partial charge < -0.3 is 0 Å². The van der Waals surface area contributed by atoms with Gasteiger partial charge in [-0.15, -0.1) is 0 Å². The number of hydrogen-bond donors (Lipinski definition) is 0. The Balaban J connectivity index is 2.10. The van der Waals surface area contributed by atoms with Crippen LogP contribution in [0.1, 0.15) is 16.1 Å². The van der Waals surface area contributed by atoms with E-state index in [2.05, 4.69) is 15.3 Å². The summed E-state index contributed by atoms with van der Waals surface area (Å²) >= 11 is 0. The molecular weight excluding hydrogens is 194 g/mol. The molecule has 0 unspecified atom stereocenters. The van der Waals surface area contributed by atoms with E-state index in [-0.39, 0.29) is 12.3 Å². The highest BCUT2D eigenvalue weighted by Gasteiger charge is 2.10. The van der Waals surface area contributed by atoms with Gasteiger partial charge in [-0.2, -0.15) is 20.1 Å². The van der Waals surface area contributed by atoms with Crippen molar-refractivity contribution < 1.29 is 4.79 Å². The first kappa shape index (κ1) is 9.57. The maximum Gasteiger partial charge on any atom is 0.206 e. The van der Waals surface area contributed by atoms with Crippen LogP contribution in [-0.2, 0) is 13.6 Å². The molecule has 0 bridgehead atoms. The van der Waals surface area contributed by atoms with E-state index in [1.165, 1.54) is 11.0 Å². The van der Waals surface area contributed by atoms with E-state index in [1.807, 2.05) is 13.1 Å². The molecule has 2 aromatic heterocycles. The lowest BCUT2D eigenvalue weighted by atomic mass is 10.3. The van der Waals surface area contributed by atoms with Crippen LogP contribution >= 0.6 is 0 Å². The van der Waals surface area contributed by atoms with Gasteiger partial charge in [-0.3, -0.25) is 9.48 Å². The molecule has 0 aliphatic rings. The van der Waals surface area contributed by atoms with E-state index in [9.17, 15) is 4.79 Å². The first-order chi connectivity index (χ1) is 7.15. The van der Waals surface area contributed by atoms with E-state index in [0.29, 0.717) is 5.69 Å². The van der Waals surface area contributed by atoms with Crippen LogP contribution in [-0.4, -0.2) is 30.6 Å². The van der Waals surface area contributed by atoms with Crippen molar-refractivity contribution in [1.82, 2.24) is 24.8 Å². The highest BCUT2D eigenvalue weighted by molar-refractivity contribution is 5.93. The quantitative estimate of drug-likeness (QED) is 0.671. The van der Waals surface area contributed by atoms with Crippen molar-refractivity contribution in [3.63, 3.8) is 0 Å². The number of carbonyl (C=O) groups excluding carboxylic acids is 1. The summed E-state index contributed by atoms with van der Waals surface area (Å²) in [4.78, 5) is 13.0. The van der Waals surface area contributed by atoms with Crippen LogP contribution in [0.25, 0.3) is 0 Å². The Kier molecular flexibility index (Phi) is 2.32. The molecule has 0 saturated carbocycles. The highest BCUT2D eigenvalue weighted by Crippen LogP contribution is 1.99. The molecular formula is C9H11N5O. The van der Waals surface area contributed by atoms with Crippen LogP contribution < -0.4 is 0 Å². The maximum absolute atomic E-state index is 11.7. The Morgan fingerprint density at radius 2 is 2.20 bits per heavy atom. The molecule has 0 aromatic carbocycles. The molecule has 0 saturated heterocycles. The molecule has 0 N–H and O–H groups in total. The zero-order chi connectivity index (χ0) is 10.8. The smallest absolute Gasteiger partial charge is 0.206 e. The monoisotopic (exact) mass is 205 g/mol. The van der Waals surface area contributed by atoms with E-state index in [0.717, 1.165) is 5.56 Å². The Hall–Kier alpha value is -1.98. The summed E-state index contributed by atoms with van der Waals surface area (Å²) in [6.07, 6.45) is 4.98. The molecule has 0 fully saturated rings. The molecule has 6 heteroatoms. The van der Waals surface area contributed by atoms with Crippen LogP contribution in [0.2, 0.25) is 0 Å². The van der Waals surface area contributed by atoms with E-state index in [4.69, 9.17) is 0 Å². The van der Waals surface area contributed by atoms with Gasteiger partial charge in [-0.1, -0.05) is 0 Å². The average molecular weight is 205 g/mol. The molecule has 15 heavy (non-hydrogen) atoms. The maximum atomic E-state index is 11.7. The fourth-order valence-corrected chi connectivity index (χ4v) is 1.26. The Labute approximate surface area is 86.5 Å². The Morgan fingerprint density at radius 1 is 1.40 bits per heavy atom. The molecule has 6 nitrogen and oxygen atoms in total. The Morgan fingerprint density at radius 3 is 2.73 bits per heavy atom. The average Bonchev–Trinajstić information content (AvgIpc) is 2.75. The lowest BCUT2D eigenvalue weighted by Gasteiger charge is -1.96. The Bertz CT molecular complexity index is 484. The third-order valence-electron chi connectivity index (χ3n) is 1.95. The van der Waals surface area contributed by atoms with Crippen molar-refractivity contribution in [2.45, 2.75) is 13.5 Å². The van der Waals surface area contributed by atoms with Gasteiger partial charge in [0.05, 0.1) is 12.4 Å². The second kappa shape index (κ2) is 3.64. The zero-order valence-electron chi connectivity index (χ0n) is 8.58. The third-order valence-corrected chi connectivity index (χ3v) is 1.95. The van der Waals surface area contributed by atoms with Crippen LogP contribution in [0.5, 0.6) is 0 Å². The molecule has 0 atom stereocenters. The minimum Gasteiger partial charge on any atom is -0.290 e. The molecule has 0 radical (unpaired) electrons. The number of Topliss-reactive ketones (excluding diaryl/α,β-unsaturated/α-hetero) is 1. The lowest BCUT2D eigenvalue weighted by Crippen LogP contribution is -2.11. The largest absolute Gasteiger partial charge is 0.290 e. The van der Waals surface area contributed by atoms with Gasteiger partial charge in [0.2, 0.25) is 5.78 Å². The van der Waals surface area contributed by atoms with Gasteiger partial charge in [-0.05, 0) is 12.5 Å². The molecule has 0 amide bonds. The highest BCUT2D eigenvalue weighted by atomic mass is 16.1. The van der Waals surface area contributed by atoms with Crippen molar-refractivity contribution in [2.24, 2.45) is 7.05 Å². The number of aryl methyl sites for hydroxylation is 2. The number of aromatic nitrogens is 5. The molecule has 0 spiro atoms. The summed E-state index contributed by atoms with van der Waals surface area (Å²) in [5.74, 6) is -0.0915. The van der Waals surface area contributed by atoms with Gasteiger partial charge >= 0.3 is 0 Å². The standard InChI is InChI=1S/C9H11N5O/c1-7-3-11-14(5-7)6-9(15)8-4-10-13(2)12-8/h3-5H,6H2,1-2H3. The van der Waals surface area contributed by atoms with Crippen molar-refractivity contribution in [3.8, 4) is 0 Å². The fourth-order valence-electron chi connectivity index (χ4n) is 1.26. The van der Waals surface area contributed by atoms with Crippen molar-refractivity contribution in [2.75, 3.05) is 0 Å². The van der Waals surface area contributed by atoms with Crippen molar-refractivity contribution in [3.05, 3.63) is 29.8 Å². The summed E-state index contributed by atoms with van der Waals surface area (Å²) < 4.78 is 1.59. The number of rotatable bonds is 3. The summed E-state index contributed by atoms with van der Waals surface area (Å²) in [5, 5.41) is 11.8. The molecule has 2 heterocycles. The SMILES string of the molecule is Cc1cnn(CC(=O)c2cnn(C)n2)c1. The predicted molar refractivity (Wildman–Crippen MR) is 52.3 cm³/mol. The van der Waals surface area contributed by atoms with E-state index < -0.39 is 0 Å². The molecule has 0 aliphatic carbocycles.